The Hall–Kier alpha value is -2.80. The molecule has 2 heterocycles. The van der Waals surface area contributed by atoms with Crippen LogP contribution in [0.2, 0.25) is 0 Å². The van der Waals surface area contributed by atoms with Gasteiger partial charge in [-0.05, 0) is 36.6 Å². The van der Waals surface area contributed by atoms with Crippen LogP contribution in [-0.2, 0) is 5.75 Å². The van der Waals surface area contributed by atoms with Crippen molar-refractivity contribution in [1.82, 2.24) is 15.0 Å². The molecule has 0 aliphatic heterocycles. The highest BCUT2D eigenvalue weighted by Gasteiger charge is 2.19. The third-order valence-corrected chi connectivity index (χ3v) is 4.21. The molecule has 0 aliphatic rings. The van der Waals surface area contributed by atoms with E-state index in [4.69, 9.17) is 4.42 Å². The van der Waals surface area contributed by atoms with E-state index in [2.05, 4.69) is 15.0 Å². The Labute approximate surface area is 142 Å². The molecule has 0 aliphatic carbocycles. The van der Waals surface area contributed by atoms with Gasteiger partial charge in [0.1, 0.15) is 5.58 Å². The van der Waals surface area contributed by atoms with Crippen LogP contribution in [-0.4, -0.2) is 16.9 Å². The summed E-state index contributed by atoms with van der Waals surface area (Å²) in [6.45, 7) is 1.79. The van der Waals surface area contributed by atoms with Crippen LogP contribution in [0.15, 0.2) is 53.2 Å². The van der Waals surface area contributed by atoms with Crippen molar-refractivity contribution in [3.63, 3.8) is 0 Å². The lowest BCUT2D eigenvalue weighted by Crippen LogP contribution is -2.36. The molecule has 0 atom stereocenters. The summed E-state index contributed by atoms with van der Waals surface area (Å²) in [7, 11) is 0. The van der Waals surface area contributed by atoms with Gasteiger partial charge in [0.05, 0.1) is 0 Å². The van der Waals surface area contributed by atoms with E-state index in [0.717, 1.165) is 10.9 Å². The molecule has 0 saturated carbocycles. The molecule has 7 heteroatoms. The van der Waals surface area contributed by atoms with Crippen molar-refractivity contribution in [3.8, 4) is 0 Å². The number of nitrogens with one attached hydrogen (secondary N) is 2. The summed E-state index contributed by atoms with van der Waals surface area (Å²) in [5, 5.41) is 3.12. The summed E-state index contributed by atoms with van der Waals surface area (Å²) in [6, 6.07) is 10.5. The van der Waals surface area contributed by atoms with E-state index in [0.29, 0.717) is 16.9 Å². The SMILES string of the molecule is Cc1c(C(=O)NC(=O)NSCc2cccnc2)oc2ccccc12. The lowest BCUT2D eigenvalue weighted by molar-refractivity contribution is 0.0939. The van der Waals surface area contributed by atoms with Gasteiger partial charge < -0.3 is 4.42 Å². The molecule has 122 valence electrons. The van der Waals surface area contributed by atoms with Gasteiger partial charge in [0.2, 0.25) is 0 Å². The summed E-state index contributed by atoms with van der Waals surface area (Å²) in [4.78, 5) is 28.0. The van der Waals surface area contributed by atoms with Crippen LogP contribution >= 0.6 is 11.9 Å². The first kappa shape index (κ1) is 16.1. The first-order chi connectivity index (χ1) is 11.6. The molecule has 0 fully saturated rings. The molecule has 3 aromatic rings. The molecule has 24 heavy (non-hydrogen) atoms. The molecule has 3 rings (SSSR count). The standard InChI is InChI=1S/C17H15N3O3S/c1-11-13-6-2-3-7-14(13)23-15(11)16(21)19-17(22)20-24-10-12-5-4-8-18-9-12/h2-9H,10H2,1H3,(H2,19,20,21,22). The van der Waals surface area contributed by atoms with Gasteiger partial charge in [0.15, 0.2) is 5.76 Å². The smallest absolute Gasteiger partial charge is 0.331 e. The summed E-state index contributed by atoms with van der Waals surface area (Å²) in [5.41, 5.74) is 2.30. The highest BCUT2D eigenvalue weighted by molar-refractivity contribution is 7.97. The maximum absolute atomic E-state index is 12.2. The average molecular weight is 341 g/mol. The Morgan fingerprint density at radius 2 is 2.04 bits per heavy atom. The number of hydrogen-bond acceptors (Lipinski definition) is 5. The number of rotatable bonds is 4. The highest BCUT2D eigenvalue weighted by atomic mass is 32.2. The number of imide groups is 1. The van der Waals surface area contributed by atoms with Crippen LogP contribution in [0.4, 0.5) is 4.79 Å². The minimum atomic E-state index is -0.589. The number of carbonyl (C=O) groups excluding carboxylic acids is 2. The molecule has 6 nitrogen and oxygen atoms in total. The third-order valence-electron chi connectivity index (χ3n) is 3.40. The second kappa shape index (κ2) is 7.18. The summed E-state index contributed by atoms with van der Waals surface area (Å²) >= 11 is 1.18. The first-order valence-electron chi connectivity index (χ1n) is 7.25. The van der Waals surface area contributed by atoms with E-state index >= 15 is 0 Å². The van der Waals surface area contributed by atoms with Crippen LogP contribution in [0.1, 0.15) is 21.7 Å². The summed E-state index contributed by atoms with van der Waals surface area (Å²) in [5.74, 6) is 0.130. The van der Waals surface area contributed by atoms with Crippen molar-refractivity contribution in [2.24, 2.45) is 0 Å². The maximum Gasteiger partial charge on any atom is 0.331 e. The van der Waals surface area contributed by atoms with Gasteiger partial charge in [-0.3, -0.25) is 19.8 Å². The summed E-state index contributed by atoms with van der Waals surface area (Å²) < 4.78 is 8.09. The fourth-order valence-corrected chi connectivity index (χ4v) is 2.84. The first-order valence-corrected chi connectivity index (χ1v) is 8.24. The molecule has 0 radical (unpaired) electrons. The second-order valence-corrected chi connectivity index (χ2v) is 5.87. The van der Waals surface area contributed by atoms with Crippen LogP contribution in [0, 0.1) is 6.92 Å². The highest BCUT2D eigenvalue weighted by Crippen LogP contribution is 2.24. The quantitative estimate of drug-likeness (QED) is 0.710. The van der Waals surface area contributed by atoms with E-state index in [1.54, 1.807) is 25.4 Å². The van der Waals surface area contributed by atoms with Gasteiger partial charge in [-0.2, -0.15) is 0 Å². The van der Waals surface area contributed by atoms with Crippen molar-refractivity contribution in [2.75, 3.05) is 0 Å². The number of aryl methyl sites for hydroxylation is 1. The lowest BCUT2D eigenvalue weighted by Gasteiger charge is -2.05. The Bertz CT molecular complexity index is 877. The molecule has 3 amide bonds. The van der Waals surface area contributed by atoms with E-state index in [1.807, 2.05) is 30.3 Å². The molecule has 0 saturated heterocycles. The third kappa shape index (κ3) is 3.57. The Morgan fingerprint density at radius 3 is 2.79 bits per heavy atom. The van der Waals surface area contributed by atoms with Crippen LogP contribution in [0.3, 0.4) is 0 Å². The van der Waals surface area contributed by atoms with E-state index < -0.39 is 11.9 Å². The molecular formula is C17H15N3O3S. The second-order valence-electron chi connectivity index (χ2n) is 5.09. The number of benzene rings is 1. The van der Waals surface area contributed by atoms with Gasteiger partial charge in [-0.15, -0.1) is 0 Å². The number of para-hydroxylation sites is 1. The van der Waals surface area contributed by atoms with Crippen LogP contribution in [0.5, 0.6) is 0 Å². The zero-order chi connectivity index (χ0) is 16.9. The number of carbonyl (C=O) groups is 2. The van der Waals surface area contributed by atoms with Gasteiger partial charge in [0.25, 0.3) is 5.91 Å². The van der Waals surface area contributed by atoms with Crippen molar-refractivity contribution in [3.05, 3.63) is 65.7 Å². The van der Waals surface area contributed by atoms with Gasteiger partial charge in [-0.1, -0.05) is 24.3 Å². The molecule has 2 N–H and O–H groups in total. The van der Waals surface area contributed by atoms with Gasteiger partial charge in [0, 0.05) is 29.1 Å². The van der Waals surface area contributed by atoms with Crippen molar-refractivity contribution in [1.29, 1.82) is 0 Å². The lowest BCUT2D eigenvalue weighted by atomic mass is 10.1. The fourth-order valence-electron chi connectivity index (χ4n) is 2.24. The zero-order valence-corrected chi connectivity index (χ0v) is 13.7. The van der Waals surface area contributed by atoms with Gasteiger partial charge in [-0.25, -0.2) is 4.79 Å². The van der Waals surface area contributed by atoms with E-state index in [9.17, 15) is 9.59 Å². The number of hydrogen-bond donors (Lipinski definition) is 2. The fraction of sp³-hybridized carbons (Fsp3) is 0.118. The molecule has 0 unspecified atom stereocenters. The molecule has 1 aromatic carbocycles. The topological polar surface area (TPSA) is 84.2 Å². The van der Waals surface area contributed by atoms with Crippen LogP contribution < -0.4 is 10.0 Å². The van der Waals surface area contributed by atoms with Crippen molar-refractivity contribution in [2.45, 2.75) is 12.7 Å². The Balaban J connectivity index is 1.57. The maximum atomic E-state index is 12.2. The minimum absolute atomic E-state index is 0.142. The van der Waals surface area contributed by atoms with Crippen molar-refractivity contribution >= 4 is 34.9 Å². The summed E-state index contributed by atoms with van der Waals surface area (Å²) in [6.07, 6.45) is 3.40. The van der Waals surface area contributed by atoms with Crippen LogP contribution in [0.25, 0.3) is 11.0 Å². The Morgan fingerprint density at radius 1 is 1.21 bits per heavy atom. The normalized spacial score (nSPS) is 10.5. The average Bonchev–Trinajstić information content (AvgIpc) is 2.93. The number of nitrogens with zero attached hydrogens (tertiary/aromatic N) is 1. The number of aromatic nitrogens is 1. The number of urea groups is 1. The van der Waals surface area contributed by atoms with Crippen molar-refractivity contribution < 1.29 is 14.0 Å². The van der Waals surface area contributed by atoms with Gasteiger partial charge >= 0.3 is 6.03 Å². The van der Waals surface area contributed by atoms with E-state index in [1.165, 1.54) is 11.9 Å². The minimum Gasteiger partial charge on any atom is -0.451 e. The number of amides is 3. The number of pyridine rings is 1. The molecular weight excluding hydrogens is 326 g/mol. The molecule has 0 bridgehead atoms. The number of furan rings is 1. The predicted molar refractivity (Wildman–Crippen MR) is 92.5 cm³/mol. The molecule has 2 aromatic heterocycles. The zero-order valence-electron chi connectivity index (χ0n) is 12.9. The monoisotopic (exact) mass is 341 g/mol. The Kier molecular flexibility index (Phi) is 4.81. The molecule has 0 spiro atoms. The number of fused-ring (bicyclic) bond motifs is 1. The largest absolute Gasteiger partial charge is 0.451 e. The van der Waals surface area contributed by atoms with E-state index in [-0.39, 0.29) is 5.76 Å². The predicted octanol–water partition coefficient (Wildman–Crippen LogP) is 3.42.